The highest BCUT2D eigenvalue weighted by Crippen LogP contribution is 2.15. The van der Waals surface area contributed by atoms with Gasteiger partial charge in [0, 0.05) is 24.9 Å². The molecule has 0 bridgehead atoms. The second-order valence-corrected chi connectivity index (χ2v) is 6.75. The van der Waals surface area contributed by atoms with Crippen molar-refractivity contribution in [2.75, 3.05) is 13.2 Å². The molecule has 0 spiro atoms. The summed E-state index contributed by atoms with van der Waals surface area (Å²) in [5.41, 5.74) is -0.269. The summed E-state index contributed by atoms with van der Waals surface area (Å²) in [6.07, 6.45) is 3.65. The molecule has 0 atom stereocenters. The molecule has 1 aliphatic rings. The second kappa shape index (κ2) is 8.77. The van der Waals surface area contributed by atoms with Gasteiger partial charge >= 0.3 is 5.97 Å². The molecule has 0 N–H and O–H groups in total. The number of rotatable bonds is 7. The van der Waals surface area contributed by atoms with Crippen LogP contribution in [-0.2, 0) is 20.9 Å². The van der Waals surface area contributed by atoms with Crippen LogP contribution in [0.15, 0.2) is 29.1 Å². The molecular weight excluding hydrogens is 362 g/mol. The van der Waals surface area contributed by atoms with E-state index in [-0.39, 0.29) is 17.2 Å². The number of hydrogen-bond acceptors (Lipinski definition) is 6. The van der Waals surface area contributed by atoms with Crippen molar-refractivity contribution in [1.82, 2.24) is 14.7 Å². The lowest BCUT2D eigenvalue weighted by Crippen LogP contribution is -2.35. The molecule has 148 valence electrons. The van der Waals surface area contributed by atoms with Crippen molar-refractivity contribution in [3.05, 3.63) is 40.3 Å². The van der Waals surface area contributed by atoms with Gasteiger partial charge < -0.3 is 4.74 Å². The third-order valence-electron chi connectivity index (χ3n) is 4.74. The van der Waals surface area contributed by atoms with Gasteiger partial charge in [-0.2, -0.15) is 5.10 Å². The molecule has 28 heavy (non-hydrogen) atoms. The fraction of sp³-hybridized carbons (Fsp3) is 0.450. The average Bonchev–Trinajstić information content (AvgIpc) is 3.14. The van der Waals surface area contributed by atoms with Crippen LogP contribution in [0.3, 0.4) is 0 Å². The van der Waals surface area contributed by atoms with Crippen LogP contribution in [0, 0.1) is 0 Å². The fourth-order valence-electron chi connectivity index (χ4n) is 3.23. The zero-order valence-electron chi connectivity index (χ0n) is 15.8. The Morgan fingerprint density at radius 1 is 1.14 bits per heavy atom. The second-order valence-electron chi connectivity index (χ2n) is 6.75. The molecule has 1 fully saturated rings. The van der Waals surface area contributed by atoms with E-state index in [1.165, 1.54) is 4.68 Å². The van der Waals surface area contributed by atoms with E-state index < -0.39 is 18.5 Å². The van der Waals surface area contributed by atoms with E-state index in [4.69, 9.17) is 4.74 Å². The maximum atomic E-state index is 12.6. The number of fused-ring (bicyclic) bond motifs is 1. The van der Waals surface area contributed by atoms with Gasteiger partial charge in [0.05, 0.1) is 5.39 Å². The summed E-state index contributed by atoms with van der Waals surface area (Å²) in [5, 5.41) is 4.96. The lowest BCUT2D eigenvalue weighted by atomic mass is 10.1. The Labute approximate surface area is 162 Å². The van der Waals surface area contributed by atoms with Crippen LogP contribution in [-0.4, -0.2) is 45.6 Å². The number of amides is 2. The monoisotopic (exact) mass is 385 g/mol. The zero-order valence-corrected chi connectivity index (χ0v) is 15.8. The molecule has 0 unspecified atom stereocenters. The normalized spacial score (nSPS) is 13.9. The van der Waals surface area contributed by atoms with Gasteiger partial charge in [-0.3, -0.25) is 19.3 Å². The minimum atomic E-state index is -0.791. The summed E-state index contributed by atoms with van der Waals surface area (Å²) in [5.74, 6) is -1.59. The standard InChI is InChI=1S/C20H23N3O5/c1-2-3-6-12-23-19(26)15-9-5-4-8-14(15)18(21-23)20(27)28-13-17(25)22-11-7-10-16(22)24/h4-5,8-9H,2-3,6-7,10-13H2,1H3. The van der Waals surface area contributed by atoms with Crippen molar-refractivity contribution < 1.29 is 19.1 Å². The molecule has 1 aromatic carbocycles. The summed E-state index contributed by atoms with van der Waals surface area (Å²) < 4.78 is 6.40. The predicted octanol–water partition coefficient (Wildman–Crippen LogP) is 1.89. The third-order valence-corrected chi connectivity index (χ3v) is 4.74. The Morgan fingerprint density at radius 2 is 1.89 bits per heavy atom. The van der Waals surface area contributed by atoms with Crippen LogP contribution in [0.25, 0.3) is 10.8 Å². The molecule has 1 saturated heterocycles. The highest BCUT2D eigenvalue weighted by molar-refractivity contribution is 6.03. The van der Waals surface area contributed by atoms with Crippen LogP contribution in [0.5, 0.6) is 0 Å². The quantitative estimate of drug-likeness (QED) is 0.533. The van der Waals surface area contributed by atoms with E-state index in [9.17, 15) is 19.2 Å². The molecule has 3 rings (SSSR count). The van der Waals surface area contributed by atoms with E-state index in [2.05, 4.69) is 12.0 Å². The molecule has 2 amide bonds. The number of carbonyl (C=O) groups is 3. The van der Waals surface area contributed by atoms with Crippen molar-refractivity contribution >= 4 is 28.6 Å². The van der Waals surface area contributed by atoms with E-state index in [1.807, 2.05) is 0 Å². The van der Waals surface area contributed by atoms with E-state index in [0.29, 0.717) is 36.7 Å². The number of aryl methyl sites for hydroxylation is 1. The molecule has 1 aromatic heterocycles. The Morgan fingerprint density at radius 3 is 2.57 bits per heavy atom. The van der Waals surface area contributed by atoms with Gasteiger partial charge in [-0.15, -0.1) is 0 Å². The van der Waals surface area contributed by atoms with Crippen molar-refractivity contribution in [1.29, 1.82) is 0 Å². The lowest BCUT2D eigenvalue weighted by molar-refractivity contribution is -0.143. The molecule has 0 aliphatic carbocycles. The van der Waals surface area contributed by atoms with Crippen LogP contribution >= 0.6 is 0 Å². The number of hydrogen-bond donors (Lipinski definition) is 0. The van der Waals surface area contributed by atoms with Crippen LogP contribution in [0.2, 0.25) is 0 Å². The van der Waals surface area contributed by atoms with Gasteiger partial charge in [0.15, 0.2) is 12.3 Å². The molecule has 2 heterocycles. The molecular formula is C20H23N3O5. The van der Waals surface area contributed by atoms with Crippen molar-refractivity contribution in [2.24, 2.45) is 0 Å². The van der Waals surface area contributed by atoms with E-state index in [0.717, 1.165) is 24.2 Å². The Bertz CT molecular complexity index is 966. The highest BCUT2D eigenvalue weighted by atomic mass is 16.5. The van der Waals surface area contributed by atoms with E-state index >= 15 is 0 Å². The first-order valence-electron chi connectivity index (χ1n) is 9.53. The molecule has 2 aromatic rings. The Balaban J connectivity index is 1.83. The molecule has 1 aliphatic heterocycles. The van der Waals surface area contributed by atoms with Crippen molar-refractivity contribution in [3.63, 3.8) is 0 Å². The topological polar surface area (TPSA) is 98.6 Å². The number of unbranched alkanes of at least 4 members (excludes halogenated alkanes) is 2. The predicted molar refractivity (Wildman–Crippen MR) is 102 cm³/mol. The number of likely N-dealkylation sites (tertiary alicyclic amines) is 1. The first kappa shape index (κ1) is 19.7. The van der Waals surface area contributed by atoms with Crippen molar-refractivity contribution in [3.8, 4) is 0 Å². The van der Waals surface area contributed by atoms with Crippen LogP contribution < -0.4 is 5.56 Å². The Kier molecular flexibility index (Phi) is 6.18. The largest absolute Gasteiger partial charge is 0.451 e. The van der Waals surface area contributed by atoms with E-state index in [1.54, 1.807) is 24.3 Å². The van der Waals surface area contributed by atoms with Crippen LogP contribution in [0.1, 0.15) is 49.5 Å². The number of esters is 1. The smallest absolute Gasteiger partial charge is 0.359 e. The van der Waals surface area contributed by atoms with Crippen LogP contribution in [0.4, 0.5) is 0 Å². The van der Waals surface area contributed by atoms with Crippen molar-refractivity contribution in [2.45, 2.75) is 45.6 Å². The summed E-state index contributed by atoms with van der Waals surface area (Å²) in [6, 6.07) is 6.69. The SMILES string of the molecule is CCCCCn1nc(C(=O)OCC(=O)N2CCCC2=O)c2ccccc2c1=O. The van der Waals surface area contributed by atoms with Gasteiger partial charge in [-0.25, -0.2) is 9.48 Å². The Hall–Kier alpha value is -3.03. The van der Waals surface area contributed by atoms with Gasteiger partial charge in [-0.05, 0) is 18.9 Å². The molecule has 0 radical (unpaired) electrons. The van der Waals surface area contributed by atoms with Gasteiger partial charge in [-0.1, -0.05) is 38.0 Å². The van der Waals surface area contributed by atoms with Gasteiger partial charge in [0.2, 0.25) is 5.91 Å². The van der Waals surface area contributed by atoms with Gasteiger partial charge in [0.1, 0.15) is 0 Å². The minimum Gasteiger partial charge on any atom is -0.451 e. The fourth-order valence-corrected chi connectivity index (χ4v) is 3.23. The summed E-state index contributed by atoms with van der Waals surface area (Å²) in [4.78, 5) is 50.1. The molecule has 0 saturated carbocycles. The third kappa shape index (κ3) is 4.11. The number of carbonyl (C=O) groups excluding carboxylic acids is 3. The van der Waals surface area contributed by atoms with Gasteiger partial charge in [0.25, 0.3) is 11.5 Å². The molecule has 8 heteroatoms. The summed E-state index contributed by atoms with van der Waals surface area (Å²) in [7, 11) is 0. The zero-order chi connectivity index (χ0) is 20.1. The first-order chi connectivity index (χ1) is 13.5. The average molecular weight is 385 g/mol. The number of imide groups is 1. The highest BCUT2D eigenvalue weighted by Gasteiger charge is 2.27. The minimum absolute atomic E-state index is 0.00718. The number of nitrogens with zero attached hydrogens (tertiary/aromatic N) is 3. The number of ether oxygens (including phenoxy) is 1. The lowest BCUT2D eigenvalue weighted by Gasteiger charge is -2.14. The first-order valence-corrected chi connectivity index (χ1v) is 9.53. The maximum absolute atomic E-state index is 12.6. The summed E-state index contributed by atoms with van der Waals surface area (Å²) >= 11 is 0. The maximum Gasteiger partial charge on any atom is 0.359 e. The molecule has 8 nitrogen and oxygen atoms in total. The number of benzene rings is 1. The number of aromatic nitrogens is 2. The summed E-state index contributed by atoms with van der Waals surface area (Å²) in [6.45, 7) is 2.27.